The number of rotatable bonds is 2. The van der Waals surface area contributed by atoms with E-state index >= 15 is 0 Å². The van der Waals surface area contributed by atoms with E-state index < -0.39 is 0 Å². The van der Waals surface area contributed by atoms with E-state index in [1.54, 1.807) is 12.1 Å². The fourth-order valence-corrected chi connectivity index (χ4v) is 3.22. The van der Waals surface area contributed by atoms with Crippen LogP contribution in [0.2, 0.25) is 0 Å². The molecule has 1 heterocycles. The topological polar surface area (TPSA) is 53.8 Å². The van der Waals surface area contributed by atoms with Crippen LogP contribution < -0.4 is 0 Å². The van der Waals surface area contributed by atoms with Crippen molar-refractivity contribution in [2.75, 3.05) is 0 Å². The standard InChI is InChI=1S/C19H15N3OS/c1-12-10-11-16(14-7-3-2-6-13(12)14)22-18(20-21-19(22)24)15-8-4-5-9-17(15)23/h2-11,23H,1H3,(H,21,24). The molecule has 0 aliphatic rings. The van der Waals surface area contributed by atoms with Gasteiger partial charge in [0, 0.05) is 5.39 Å². The van der Waals surface area contributed by atoms with Crippen LogP contribution in [-0.4, -0.2) is 19.9 Å². The van der Waals surface area contributed by atoms with E-state index in [9.17, 15) is 5.11 Å². The molecular weight excluding hydrogens is 318 g/mol. The van der Waals surface area contributed by atoms with E-state index in [-0.39, 0.29) is 5.75 Å². The van der Waals surface area contributed by atoms with E-state index in [1.807, 2.05) is 34.9 Å². The number of H-pyrrole nitrogens is 1. The van der Waals surface area contributed by atoms with Crippen LogP contribution in [0.15, 0.2) is 60.7 Å². The Hall–Kier alpha value is -2.92. The number of fused-ring (bicyclic) bond motifs is 1. The number of benzene rings is 3. The number of aryl methyl sites for hydroxylation is 1. The van der Waals surface area contributed by atoms with Gasteiger partial charge in [0.05, 0.1) is 11.3 Å². The number of nitrogens with one attached hydrogen (secondary N) is 1. The van der Waals surface area contributed by atoms with E-state index in [1.165, 1.54) is 10.9 Å². The minimum absolute atomic E-state index is 0.171. The molecule has 0 bridgehead atoms. The number of aromatic amines is 1. The second-order valence-corrected chi connectivity index (χ2v) is 6.04. The SMILES string of the molecule is Cc1ccc(-n2c(-c3ccccc3O)n[nH]c2=S)c2ccccc12. The third-order valence-electron chi connectivity index (χ3n) is 4.18. The molecule has 0 saturated carbocycles. The van der Waals surface area contributed by atoms with Crippen molar-refractivity contribution < 1.29 is 5.11 Å². The Labute approximate surface area is 144 Å². The summed E-state index contributed by atoms with van der Waals surface area (Å²) in [5, 5.41) is 19.6. The van der Waals surface area contributed by atoms with Gasteiger partial charge in [0.2, 0.25) is 0 Å². The van der Waals surface area contributed by atoms with Crippen LogP contribution in [0.4, 0.5) is 0 Å². The van der Waals surface area contributed by atoms with Gasteiger partial charge in [0.1, 0.15) is 5.75 Å². The van der Waals surface area contributed by atoms with Gasteiger partial charge in [-0.1, -0.05) is 42.5 Å². The Kier molecular flexibility index (Phi) is 3.43. The van der Waals surface area contributed by atoms with Gasteiger partial charge in [0.15, 0.2) is 10.6 Å². The van der Waals surface area contributed by atoms with E-state index in [0.29, 0.717) is 16.2 Å². The zero-order chi connectivity index (χ0) is 16.7. The predicted octanol–water partition coefficient (Wildman–Crippen LogP) is 4.76. The molecular formula is C19H15N3OS. The number of aromatic hydroxyl groups is 1. The second-order valence-electron chi connectivity index (χ2n) is 5.65. The lowest BCUT2D eigenvalue weighted by atomic mass is 10.0. The van der Waals surface area contributed by atoms with Crippen LogP contribution in [0, 0.1) is 11.7 Å². The van der Waals surface area contributed by atoms with Crippen molar-refractivity contribution in [3.63, 3.8) is 0 Å². The van der Waals surface area contributed by atoms with Crippen LogP contribution in [0.1, 0.15) is 5.56 Å². The van der Waals surface area contributed by atoms with Crippen LogP contribution in [0.25, 0.3) is 27.8 Å². The third-order valence-corrected chi connectivity index (χ3v) is 4.45. The molecule has 4 aromatic rings. The summed E-state index contributed by atoms with van der Waals surface area (Å²) in [5.41, 5.74) is 2.77. The summed E-state index contributed by atoms with van der Waals surface area (Å²) < 4.78 is 2.36. The van der Waals surface area contributed by atoms with Gasteiger partial charge in [-0.15, -0.1) is 0 Å². The van der Waals surface area contributed by atoms with Gasteiger partial charge >= 0.3 is 0 Å². The number of para-hydroxylation sites is 1. The predicted molar refractivity (Wildman–Crippen MR) is 98.1 cm³/mol. The second kappa shape index (κ2) is 5.62. The first kappa shape index (κ1) is 14.7. The monoisotopic (exact) mass is 333 g/mol. The van der Waals surface area contributed by atoms with Gasteiger partial charge in [-0.05, 0) is 48.3 Å². The van der Waals surface area contributed by atoms with Gasteiger partial charge < -0.3 is 5.11 Å². The zero-order valence-corrected chi connectivity index (χ0v) is 13.8. The summed E-state index contributed by atoms with van der Waals surface area (Å²) in [4.78, 5) is 0. The highest BCUT2D eigenvalue weighted by atomic mass is 32.1. The molecule has 4 rings (SSSR count). The molecule has 4 nitrogen and oxygen atoms in total. The molecule has 0 spiro atoms. The van der Waals surface area contributed by atoms with Gasteiger partial charge in [-0.3, -0.25) is 9.67 Å². The Balaban J connectivity index is 2.07. The summed E-state index contributed by atoms with van der Waals surface area (Å²) in [6, 6.07) is 19.4. The Morgan fingerprint density at radius 2 is 1.67 bits per heavy atom. The highest BCUT2D eigenvalue weighted by Gasteiger charge is 2.16. The van der Waals surface area contributed by atoms with E-state index in [0.717, 1.165) is 11.1 Å². The van der Waals surface area contributed by atoms with Crippen LogP contribution in [0.5, 0.6) is 5.75 Å². The highest BCUT2D eigenvalue weighted by molar-refractivity contribution is 7.71. The summed E-state index contributed by atoms with van der Waals surface area (Å²) >= 11 is 5.46. The maximum atomic E-state index is 10.2. The average Bonchev–Trinajstić information content (AvgIpc) is 2.97. The minimum atomic E-state index is 0.171. The number of aromatic nitrogens is 3. The maximum Gasteiger partial charge on any atom is 0.200 e. The fraction of sp³-hybridized carbons (Fsp3) is 0.0526. The van der Waals surface area contributed by atoms with Crippen LogP contribution >= 0.6 is 12.2 Å². The van der Waals surface area contributed by atoms with Crippen LogP contribution in [0.3, 0.4) is 0 Å². The number of phenols is 1. The quantitative estimate of drug-likeness (QED) is 0.520. The van der Waals surface area contributed by atoms with Crippen molar-refractivity contribution in [2.45, 2.75) is 6.92 Å². The van der Waals surface area contributed by atoms with Crippen molar-refractivity contribution in [3.8, 4) is 22.8 Å². The molecule has 0 unspecified atom stereocenters. The largest absolute Gasteiger partial charge is 0.507 e. The minimum Gasteiger partial charge on any atom is -0.507 e. The third kappa shape index (κ3) is 2.21. The summed E-state index contributed by atoms with van der Waals surface area (Å²) in [6.07, 6.45) is 0. The van der Waals surface area contributed by atoms with Gasteiger partial charge in [-0.2, -0.15) is 5.10 Å². The zero-order valence-electron chi connectivity index (χ0n) is 13.0. The number of hydrogen-bond donors (Lipinski definition) is 2. The lowest BCUT2D eigenvalue weighted by Gasteiger charge is -2.12. The maximum absolute atomic E-state index is 10.2. The molecule has 3 aromatic carbocycles. The molecule has 0 aliphatic heterocycles. The lowest BCUT2D eigenvalue weighted by molar-refractivity contribution is 0.476. The molecule has 0 atom stereocenters. The molecule has 2 N–H and O–H groups in total. The van der Waals surface area contributed by atoms with Crippen molar-refractivity contribution in [2.24, 2.45) is 0 Å². The number of nitrogens with zero attached hydrogens (tertiary/aromatic N) is 2. The summed E-state index contributed by atoms with van der Waals surface area (Å²) in [5.74, 6) is 0.760. The smallest absolute Gasteiger partial charge is 0.200 e. The Morgan fingerprint density at radius 3 is 2.46 bits per heavy atom. The lowest BCUT2D eigenvalue weighted by Crippen LogP contribution is -1.99. The van der Waals surface area contributed by atoms with Crippen molar-refractivity contribution >= 4 is 23.0 Å². The molecule has 0 aliphatic carbocycles. The first-order valence-electron chi connectivity index (χ1n) is 7.61. The van der Waals surface area contributed by atoms with Crippen molar-refractivity contribution in [3.05, 3.63) is 71.0 Å². The molecule has 0 amide bonds. The fourth-order valence-electron chi connectivity index (χ4n) is 2.99. The first-order chi connectivity index (χ1) is 11.7. The summed E-state index contributed by atoms with van der Waals surface area (Å²) in [7, 11) is 0. The average molecular weight is 333 g/mol. The van der Waals surface area contributed by atoms with Crippen LogP contribution in [-0.2, 0) is 0 Å². The molecule has 118 valence electrons. The molecule has 0 fully saturated rings. The normalized spacial score (nSPS) is 11.0. The van der Waals surface area contributed by atoms with E-state index in [4.69, 9.17) is 12.2 Å². The molecule has 1 aromatic heterocycles. The van der Waals surface area contributed by atoms with Gasteiger partial charge in [0.25, 0.3) is 0 Å². The first-order valence-corrected chi connectivity index (χ1v) is 8.02. The van der Waals surface area contributed by atoms with Crippen molar-refractivity contribution in [1.29, 1.82) is 0 Å². The molecule has 0 saturated heterocycles. The molecule has 5 heteroatoms. The van der Waals surface area contributed by atoms with Crippen molar-refractivity contribution in [1.82, 2.24) is 14.8 Å². The highest BCUT2D eigenvalue weighted by Crippen LogP contribution is 2.32. The summed E-state index contributed by atoms with van der Waals surface area (Å²) in [6.45, 7) is 2.09. The van der Waals surface area contributed by atoms with E-state index in [2.05, 4.69) is 35.3 Å². The number of hydrogen-bond acceptors (Lipinski definition) is 3. The Morgan fingerprint density at radius 1 is 0.958 bits per heavy atom. The number of phenolic OH excluding ortho intramolecular Hbond substituents is 1. The molecule has 0 radical (unpaired) electrons. The Bertz CT molecular complexity index is 1110. The molecule has 24 heavy (non-hydrogen) atoms. The van der Waals surface area contributed by atoms with Gasteiger partial charge in [-0.25, -0.2) is 0 Å².